The number of rotatable bonds is 8. The van der Waals surface area contributed by atoms with Gasteiger partial charge < -0.3 is 19.9 Å². The first-order chi connectivity index (χ1) is 12.6. The van der Waals surface area contributed by atoms with Gasteiger partial charge in [-0.25, -0.2) is 0 Å². The highest BCUT2D eigenvalue weighted by Gasteiger charge is 2.33. The predicted molar refractivity (Wildman–Crippen MR) is 102 cm³/mol. The van der Waals surface area contributed by atoms with Crippen molar-refractivity contribution in [3.63, 3.8) is 0 Å². The molecular weight excluding hydrogens is 330 g/mol. The highest BCUT2D eigenvalue weighted by atomic mass is 16.6. The lowest BCUT2D eigenvalue weighted by Gasteiger charge is -2.31. The molecule has 2 N–H and O–H groups in total. The Morgan fingerprint density at radius 3 is 2.69 bits per heavy atom. The van der Waals surface area contributed by atoms with Gasteiger partial charge in [0.05, 0.1) is 19.3 Å². The number of carbonyl (C=O) groups is 1. The SMILES string of the molecule is CCCCCOC1C(CCc2ccccc2)COCC(N)C(=O)OC1C. The van der Waals surface area contributed by atoms with Crippen LogP contribution in [0.1, 0.15) is 45.1 Å². The van der Waals surface area contributed by atoms with Crippen LogP contribution >= 0.6 is 0 Å². The molecule has 4 atom stereocenters. The zero-order chi connectivity index (χ0) is 18.8. The summed E-state index contributed by atoms with van der Waals surface area (Å²) in [7, 11) is 0. The standard InChI is InChI=1S/C21H33NO4/c1-3-4-8-13-25-20-16(2)26-21(23)19(22)15-24-14-18(20)12-11-17-9-6-5-7-10-17/h5-7,9-10,16,18-20H,3-4,8,11-15,22H2,1-2H3. The molecule has 4 unspecified atom stereocenters. The van der Waals surface area contributed by atoms with E-state index in [9.17, 15) is 4.79 Å². The molecule has 0 saturated carbocycles. The van der Waals surface area contributed by atoms with Crippen molar-refractivity contribution in [2.24, 2.45) is 11.7 Å². The van der Waals surface area contributed by atoms with Crippen LogP contribution in [0.15, 0.2) is 30.3 Å². The molecule has 2 rings (SSSR count). The Kier molecular flexibility index (Phi) is 9.09. The molecule has 1 saturated heterocycles. The van der Waals surface area contributed by atoms with E-state index in [-0.39, 0.29) is 24.7 Å². The van der Waals surface area contributed by atoms with Crippen molar-refractivity contribution in [3.05, 3.63) is 35.9 Å². The summed E-state index contributed by atoms with van der Waals surface area (Å²) < 4.78 is 17.5. The lowest BCUT2D eigenvalue weighted by molar-refractivity contribution is -0.159. The molecule has 1 aromatic rings. The van der Waals surface area contributed by atoms with Gasteiger partial charge in [0.15, 0.2) is 0 Å². The largest absolute Gasteiger partial charge is 0.459 e. The first-order valence-electron chi connectivity index (χ1n) is 9.81. The summed E-state index contributed by atoms with van der Waals surface area (Å²) in [4.78, 5) is 12.1. The van der Waals surface area contributed by atoms with Gasteiger partial charge in [-0.2, -0.15) is 0 Å². The minimum atomic E-state index is -0.730. The molecule has 1 fully saturated rings. The highest BCUT2D eigenvalue weighted by molar-refractivity contribution is 5.75. The molecular formula is C21H33NO4. The van der Waals surface area contributed by atoms with Gasteiger partial charge in [0.1, 0.15) is 12.1 Å². The summed E-state index contributed by atoms with van der Waals surface area (Å²) >= 11 is 0. The molecule has 5 heteroatoms. The van der Waals surface area contributed by atoms with E-state index in [0.717, 1.165) is 32.1 Å². The quantitative estimate of drug-likeness (QED) is 0.568. The Labute approximate surface area is 157 Å². The van der Waals surface area contributed by atoms with Crippen molar-refractivity contribution in [3.8, 4) is 0 Å². The molecule has 1 aromatic carbocycles. The number of cyclic esters (lactones) is 1. The molecule has 1 heterocycles. The number of carbonyl (C=O) groups excluding carboxylic acids is 1. The minimum absolute atomic E-state index is 0.157. The van der Waals surface area contributed by atoms with Crippen LogP contribution in [0, 0.1) is 5.92 Å². The smallest absolute Gasteiger partial charge is 0.325 e. The van der Waals surface area contributed by atoms with Crippen LogP contribution in [0.2, 0.25) is 0 Å². The van der Waals surface area contributed by atoms with Crippen LogP contribution in [-0.2, 0) is 25.4 Å². The molecule has 1 aliphatic heterocycles. The number of aryl methyl sites for hydroxylation is 1. The predicted octanol–water partition coefficient (Wildman–Crippen LogP) is 3.10. The van der Waals surface area contributed by atoms with Gasteiger partial charge in [0.25, 0.3) is 0 Å². The summed E-state index contributed by atoms with van der Waals surface area (Å²) in [6.07, 6.45) is 4.64. The summed E-state index contributed by atoms with van der Waals surface area (Å²) in [6, 6.07) is 9.66. The monoisotopic (exact) mass is 363 g/mol. The number of unbranched alkanes of at least 4 members (excludes halogenated alkanes) is 2. The normalized spacial score (nSPS) is 27.3. The van der Waals surface area contributed by atoms with Gasteiger partial charge in [0.2, 0.25) is 0 Å². The van der Waals surface area contributed by atoms with E-state index in [1.54, 1.807) is 0 Å². The lowest BCUT2D eigenvalue weighted by Crippen LogP contribution is -2.41. The maximum atomic E-state index is 12.1. The molecule has 0 aromatic heterocycles. The topological polar surface area (TPSA) is 70.8 Å². The third kappa shape index (κ3) is 6.71. The second-order valence-electron chi connectivity index (χ2n) is 7.11. The minimum Gasteiger partial charge on any atom is -0.459 e. The molecule has 0 aliphatic carbocycles. The third-order valence-corrected chi connectivity index (χ3v) is 4.87. The van der Waals surface area contributed by atoms with Gasteiger partial charge in [-0.1, -0.05) is 50.1 Å². The average Bonchev–Trinajstić information content (AvgIpc) is 2.69. The van der Waals surface area contributed by atoms with Crippen LogP contribution < -0.4 is 5.73 Å². The van der Waals surface area contributed by atoms with E-state index in [2.05, 4.69) is 31.2 Å². The van der Waals surface area contributed by atoms with Crippen LogP contribution in [0.25, 0.3) is 0 Å². The van der Waals surface area contributed by atoms with Crippen LogP contribution in [-0.4, -0.2) is 44.0 Å². The number of hydrogen-bond acceptors (Lipinski definition) is 5. The first-order valence-corrected chi connectivity index (χ1v) is 9.81. The van der Waals surface area contributed by atoms with Gasteiger partial charge in [-0.05, 0) is 31.7 Å². The Bertz CT molecular complexity index is 522. The van der Waals surface area contributed by atoms with E-state index in [1.807, 2.05) is 13.0 Å². The number of hydrogen-bond donors (Lipinski definition) is 1. The molecule has 26 heavy (non-hydrogen) atoms. The van der Waals surface area contributed by atoms with Crippen LogP contribution in [0.4, 0.5) is 0 Å². The Morgan fingerprint density at radius 2 is 1.96 bits per heavy atom. The molecule has 1 aliphatic rings. The molecule has 5 nitrogen and oxygen atoms in total. The third-order valence-electron chi connectivity index (χ3n) is 4.87. The van der Waals surface area contributed by atoms with Gasteiger partial charge in [0, 0.05) is 12.5 Å². The average molecular weight is 363 g/mol. The maximum absolute atomic E-state index is 12.1. The van der Waals surface area contributed by atoms with Crippen LogP contribution in [0.5, 0.6) is 0 Å². The fourth-order valence-electron chi connectivity index (χ4n) is 3.32. The van der Waals surface area contributed by atoms with Crippen LogP contribution in [0.3, 0.4) is 0 Å². The lowest BCUT2D eigenvalue weighted by atomic mass is 9.92. The summed E-state index contributed by atoms with van der Waals surface area (Å²) in [6.45, 7) is 5.46. The first kappa shape index (κ1) is 20.9. The van der Waals surface area contributed by atoms with Crippen molar-refractivity contribution in [2.75, 3.05) is 19.8 Å². The van der Waals surface area contributed by atoms with E-state index in [4.69, 9.17) is 19.9 Å². The number of ether oxygens (including phenoxy) is 3. The molecule has 0 bridgehead atoms. The van der Waals surface area contributed by atoms with E-state index >= 15 is 0 Å². The Morgan fingerprint density at radius 1 is 1.19 bits per heavy atom. The number of benzene rings is 1. The second-order valence-corrected chi connectivity index (χ2v) is 7.11. The summed E-state index contributed by atoms with van der Waals surface area (Å²) in [5.74, 6) is -0.256. The van der Waals surface area contributed by atoms with Gasteiger partial charge in [-0.3, -0.25) is 4.79 Å². The van der Waals surface area contributed by atoms with E-state index in [0.29, 0.717) is 13.2 Å². The van der Waals surface area contributed by atoms with Gasteiger partial charge >= 0.3 is 5.97 Å². The fraction of sp³-hybridized carbons (Fsp3) is 0.667. The Hall–Kier alpha value is -1.43. The number of nitrogens with two attached hydrogens (primary N) is 1. The zero-order valence-corrected chi connectivity index (χ0v) is 16.1. The summed E-state index contributed by atoms with van der Waals surface area (Å²) in [5.41, 5.74) is 7.12. The molecule has 146 valence electrons. The number of esters is 1. The van der Waals surface area contributed by atoms with Crippen molar-refractivity contribution in [2.45, 2.75) is 64.2 Å². The second kappa shape index (κ2) is 11.3. The van der Waals surface area contributed by atoms with E-state index in [1.165, 1.54) is 5.56 Å². The van der Waals surface area contributed by atoms with Gasteiger partial charge in [-0.15, -0.1) is 0 Å². The molecule has 0 spiro atoms. The maximum Gasteiger partial charge on any atom is 0.325 e. The molecule has 0 radical (unpaired) electrons. The Balaban J connectivity index is 2.04. The van der Waals surface area contributed by atoms with Crippen molar-refractivity contribution in [1.29, 1.82) is 0 Å². The van der Waals surface area contributed by atoms with E-state index < -0.39 is 12.0 Å². The molecule has 0 amide bonds. The zero-order valence-electron chi connectivity index (χ0n) is 16.1. The highest BCUT2D eigenvalue weighted by Crippen LogP contribution is 2.23. The summed E-state index contributed by atoms with van der Waals surface area (Å²) in [5, 5.41) is 0. The van der Waals surface area contributed by atoms with Crippen molar-refractivity contribution < 1.29 is 19.0 Å². The fourth-order valence-corrected chi connectivity index (χ4v) is 3.32. The van der Waals surface area contributed by atoms with Crippen molar-refractivity contribution >= 4 is 5.97 Å². The van der Waals surface area contributed by atoms with Crippen molar-refractivity contribution in [1.82, 2.24) is 0 Å².